The van der Waals surface area contributed by atoms with Gasteiger partial charge in [0.25, 0.3) is 0 Å². The Morgan fingerprint density at radius 2 is 2.06 bits per heavy atom. The largest absolute Gasteiger partial charge is 0.397 e. The third kappa shape index (κ3) is 2.61. The van der Waals surface area contributed by atoms with Gasteiger partial charge in [0.05, 0.1) is 11.2 Å². The van der Waals surface area contributed by atoms with E-state index >= 15 is 0 Å². The predicted molar refractivity (Wildman–Crippen MR) is 77.8 cm³/mol. The van der Waals surface area contributed by atoms with Crippen molar-refractivity contribution in [2.45, 2.75) is 34.1 Å². The second-order valence-electron chi connectivity index (χ2n) is 6.05. The molecule has 0 saturated heterocycles. The number of halogens is 1. The van der Waals surface area contributed by atoms with Crippen LogP contribution in [0.3, 0.4) is 0 Å². The normalized spacial score (nSPS) is 14.1. The molecular weight excluding hydrogens is 246 g/mol. The van der Waals surface area contributed by atoms with Gasteiger partial charge in [-0.2, -0.15) is 0 Å². The molecule has 0 fully saturated rings. The van der Waals surface area contributed by atoms with Gasteiger partial charge in [-0.3, -0.25) is 0 Å². The highest BCUT2D eigenvalue weighted by atomic mass is 35.5. The number of H-pyrrole nitrogens is 1. The van der Waals surface area contributed by atoms with Crippen LogP contribution in [-0.4, -0.2) is 9.97 Å². The number of nitrogen functional groups attached to an aromatic ring is 1. The maximum Gasteiger partial charge on any atom is 0.112 e. The molecule has 2 rings (SSSR count). The average molecular weight is 266 g/mol. The van der Waals surface area contributed by atoms with E-state index in [1.54, 1.807) is 6.07 Å². The van der Waals surface area contributed by atoms with Crippen LogP contribution in [0.2, 0.25) is 5.02 Å². The number of nitrogens with two attached hydrogens (primary N) is 1. The molecule has 1 aromatic heterocycles. The standard InChI is InChI=1S/C14H20ClN3/c1-8(14(2,3)4)5-12-17-11-7-9(15)6-10(16)13(11)18-12/h6-8H,5,16H2,1-4H3,(H,17,18). The first kappa shape index (κ1) is 13.2. The summed E-state index contributed by atoms with van der Waals surface area (Å²) in [6.07, 6.45) is 0.912. The predicted octanol–water partition coefficient (Wildman–Crippen LogP) is 4.02. The molecule has 0 saturated carbocycles. The fraction of sp³-hybridized carbons (Fsp3) is 0.500. The number of aromatic amines is 1. The van der Waals surface area contributed by atoms with Crippen molar-refractivity contribution in [2.75, 3.05) is 5.73 Å². The molecular formula is C14H20ClN3. The first-order chi connectivity index (χ1) is 8.27. The number of anilines is 1. The van der Waals surface area contributed by atoms with Crippen LogP contribution in [0.4, 0.5) is 5.69 Å². The lowest BCUT2D eigenvalue weighted by Gasteiger charge is -2.26. The number of rotatable bonds is 2. The highest BCUT2D eigenvalue weighted by Gasteiger charge is 2.21. The Balaban J connectivity index is 2.34. The lowest BCUT2D eigenvalue weighted by atomic mass is 9.80. The summed E-state index contributed by atoms with van der Waals surface area (Å²) in [6, 6.07) is 3.60. The van der Waals surface area contributed by atoms with Gasteiger partial charge in [0.2, 0.25) is 0 Å². The number of fused-ring (bicyclic) bond motifs is 1. The summed E-state index contributed by atoms with van der Waals surface area (Å²) in [7, 11) is 0. The Morgan fingerprint density at radius 1 is 1.39 bits per heavy atom. The van der Waals surface area contributed by atoms with Crippen molar-refractivity contribution in [3.8, 4) is 0 Å². The van der Waals surface area contributed by atoms with Crippen LogP contribution in [0.15, 0.2) is 12.1 Å². The summed E-state index contributed by atoms with van der Waals surface area (Å²) < 4.78 is 0. The van der Waals surface area contributed by atoms with Crippen molar-refractivity contribution < 1.29 is 0 Å². The third-order valence-corrected chi connectivity index (χ3v) is 3.83. The number of aromatic nitrogens is 2. The van der Waals surface area contributed by atoms with Crippen LogP contribution in [0, 0.1) is 11.3 Å². The number of hydrogen-bond acceptors (Lipinski definition) is 2. The van der Waals surface area contributed by atoms with Gasteiger partial charge in [0, 0.05) is 11.4 Å². The van der Waals surface area contributed by atoms with Crippen molar-refractivity contribution in [3.63, 3.8) is 0 Å². The minimum atomic E-state index is 0.266. The molecule has 1 heterocycles. The smallest absolute Gasteiger partial charge is 0.112 e. The molecule has 98 valence electrons. The molecule has 0 bridgehead atoms. The summed E-state index contributed by atoms with van der Waals surface area (Å²) in [6.45, 7) is 8.96. The molecule has 3 nitrogen and oxygen atoms in total. The summed E-state index contributed by atoms with van der Waals surface area (Å²) in [4.78, 5) is 7.87. The number of hydrogen-bond donors (Lipinski definition) is 2. The third-order valence-electron chi connectivity index (χ3n) is 3.61. The summed E-state index contributed by atoms with van der Waals surface area (Å²) in [5, 5.41) is 0.638. The van der Waals surface area contributed by atoms with Gasteiger partial charge in [0.1, 0.15) is 11.3 Å². The Hall–Kier alpha value is -1.22. The van der Waals surface area contributed by atoms with Gasteiger partial charge in [-0.05, 0) is 23.5 Å². The number of nitrogens with zero attached hydrogens (tertiary/aromatic N) is 1. The van der Waals surface area contributed by atoms with Crippen molar-refractivity contribution in [2.24, 2.45) is 11.3 Å². The van der Waals surface area contributed by atoms with E-state index < -0.39 is 0 Å². The molecule has 1 atom stereocenters. The van der Waals surface area contributed by atoms with E-state index in [9.17, 15) is 0 Å². The van der Waals surface area contributed by atoms with E-state index in [-0.39, 0.29) is 5.41 Å². The molecule has 0 radical (unpaired) electrons. The summed E-state index contributed by atoms with van der Waals surface area (Å²) in [5.41, 5.74) is 8.54. The molecule has 0 aliphatic heterocycles. The van der Waals surface area contributed by atoms with Gasteiger partial charge < -0.3 is 10.7 Å². The minimum absolute atomic E-state index is 0.266. The second-order valence-corrected chi connectivity index (χ2v) is 6.48. The van der Waals surface area contributed by atoms with Crippen molar-refractivity contribution >= 4 is 28.3 Å². The quantitative estimate of drug-likeness (QED) is 0.806. The maximum atomic E-state index is 5.98. The Bertz CT molecular complexity index is 566. The van der Waals surface area contributed by atoms with Gasteiger partial charge >= 0.3 is 0 Å². The van der Waals surface area contributed by atoms with Crippen molar-refractivity contribution in [3.05, 3.63) is 23.0 Å². The molecule has 2 aromatic rings. The number of imidazole rings is 1. The van der Waals surface area contributed by atoms with Crippen LogP contribution in [0.25, 0.3) is 11.0 Å². The zero-order valence-corrected chi connectivity index (χ0v) is 12.1. The first-order valence-electron chi connectivity index (χ1n) is 6.21. The topological polar surface area (TPSA) is 54.7 Å². The van der Waals surface area contributed by atoms with Gasteiger partial charge in [0.15, 0.2) is 0 Å². The van der Waals surface area contributed by atoms with Gasteiger partial charge in [-0.15, -0.1) is 0 Å². The molecule has 0 aliphatic carbocycles. The Labute approximate surface area is 113 Å². The molecule has 1 unspecified atom stereocenters. The van der Waals surface area contributed by atoms with Crippen LogP contribution >= 0.6 is 11.6 Å². The lowest BCUT2D eigenvalue weighted by Crippen LogP contribution is -2.19. The molecule has 0 spiro atoms. The molecule has 18 heavy (non-hydrogen) atoms. The fourth-order valence-electron chi connectivity index (χ4n) is 1.85. The molecule has 3 N–H and O–H groups in total. The monoisotopic (exact) mass is 265 g/mol. The van der Waals surface area contributed by atoms with E-state index in [2.05, 4.69) is 37.7 Å². The van der Waals surface area contributed by atoms with Gasteiger partial charge in [-0.1, -0.05) is 39.3 Å². The van der Waals surface area contributed by atoms with Crippen LogP contribution in [0.5, 0.6) is 0 Å². The Morgan fingerprint density at radius 3 is 2.67 bits per heavy atom. The molecule has 0 aliphatic rings. The first-order valence-corrected chi connectivity index (χ1v) is 6.59. The zero-order valence-electron chi connectivity index (χ0n) is 11.3. The molecule has 0 amide bonds. The zero-order chi connectivity index (χ0) is 13.5. The van der Waals surface area contributed by atoms with Crippen molar-refractivity contribution in [1.29, 1.82) is 0 Å². The SMILES string of the molecule is CC(Cc1nc2c(N)cc(Cl)cc2[nH]1)C(C)(C)C. The second kappa shape index (κ2) is 4.47. The molecule has 4 heteroatoms. The van der Waals surface area contributed by atoms with Gasteiger partial charge in [-0.25, -0.2) is 4.98 Å². The average Bonchev–Trinajstić information content (AvgIpc) is 2.58. The van der Waals surface area contributed by atoms with E-state index in [0.29, 0.717) is 16.6 Å². The fourth-order valence-corrected chi connectivity index (χ4v) is 2.08. The van der Waals surface area contributed by atoms with Crippen LogP contribution < -0.4 is 5.73 Å². The van der Waals surface area contributed by atoms with E-state index in [1.165, 1.54) is 0 Å². The van der Waals surface area contributed by atoms with E-state index in [4.69, 9.17) is 17.3 Å². The lowest BCUT2D eigenvalue weighted by molar-refractivity contribution is 0.257. The van der Waals surface area contributed by atoms with Crippen LogP contribution in [0.1, 0.15) is 33.5 Å². The highest BCUT2D eigenvalue weighted by molar-refractivity contribution is 6.31. The maximum absolute atomic E-state index is 5.98. The highest BCUT2D eigenvalue weighted by Crippen LogP contribution is 2.29. The summed E-state index contributed by atoms with van der Waals surface area (Å²) in [5.74, 6) is 1.51. The summed E-state index contributed by atoms with van der Waals surface area (Å²) >= 11 is 5.98. The van der Waals surface area contributed by atoms with E-state index in [1.807, 2.05) is 6.07 Å². The van der Waals surface area contributed by atoms with Crippen LogP contribution in [-0.2, 0) is 6.42 Å². The minimum Gasteiger partial charge on any atom is -0.397 e. The number of nitrogens with one attached hydrogen (secondary N) is 1. The molecule has 1 aromatic carbocycles. The number of benzene rings is 1. The van der Waals surface area contributed by atoms with Crippen molar-refractivity contribution in [1.82, 2.24) is 9.97 Å². The Kier molecular flexibility index (Phi) is 3.28. The van der Waals surface area contributed by atoms with E-state index in [0.717, 1.165) is 23.3 Å².